The average molecular weight is 354 g/mol. The Bertz CT molecular complexity index is 945. The number of hydrogen-bond acceptors (Lipinski definition) is 7. The van der Waals surface area contributed by atoms with Gasteiger partial charge in [0.2, 0.25) is 5.13 Å². The minimum Gasteiger partial charge on any atom is -0.508 e. The summed E-state index contributed by atoms with van der Waals surface area (Å²) in [5.74, 6) is 1.75. The summed E-state index contributed by atoms with van der Waals surface area (Å²) in [4.78, 5) is 2.31. The van der Waals surface area contributed by atoms with E-state index < -0.39 is 0 Å². The van der Waals surface area contributed by atoms with E-state index in [2.05, 4.69) is 20.4 Å². The molecule has 2 saturated heterocycles. The van der Waals surface area contributed by atoms with Gasteiger partial charge in [0, 0.05) is 26.2 Å². The zero-order valence-corrected chi connectivity index (χ0v) is 14.3. The van der Waals surface area contributed by atoms with Gasteiger partial charge in [-0.15, -0.1) is 10.2 Å². The number of fused-ring (bicyclic) bond motifs is 2. The maximum Gasteiger partial charge on any atom is 0.208 e. The van der Waals surface area contributed by atoms with Crippen LogP contribution >= 0.6 is 11.3 Å². The van der Waals surface area contributed by atoms with Crippen molar-refractivity contribution in [2.24, 2.45) is 11.8 Å². The van der Waals surface area contributed by atoms with Crippen molar-refractivity contribution in [3.05, 3.63) is 30.3 Å². The van der Waals surface area contributed by atoms with E-state index in [-0.39, 0.29) is 11.5 Å². The van der Waals surface area contributed by atoms with Crippen LogP contribution in [0.25, 0.3) is 21.3 Å². The third-order valence-corrected chi connectivity index (χ3v) is 6.26. The molecule has 0 spiro atoms. The van der Waals surface area contributed by atoms with Gasteiger partial charge in [-0.05, 0) is 46.9 Å². The van der Waals surface area contributed by atoms with Crippen molar-refractivity contribution in [2.75, 3.05) is 31.1 Å². The van der Waals surface area contributed by atoms with Crippen LogP contribution in [-0.2, 0) is 0 Å². The molecule has 3 heterocycles. The Hall–Kier alpha value is -2.38. The molecule has 5 rings (SSSR count). The molecule has 2 aliphatic heterocycles. The van der Waals surface area contributed by atoms with Gasteiger partial charge in [0.15, 0.2) is 5.01 Å². The monoisotopic (exact) mass is 354 g/mol. The Labute approximate surface area is 148 Å². The Morgan fingerprint density at radius 1 is 1.00 bits per heavy atom. The molecule has 6 nitrogen and oxygen atoms in total. The molecule has 128 valence electrons. The molecule has 25 heavy (non-hydrogen) atoms. The van der Waals surface area contributed by atoms with Crippen molar-refractivity contribution in [3.63, 3.8) is 0 Å². The second-order valence-corrected chi connectivity index (χ2v) is 7.83. The average Bonchev–Trinajstić information content (AvgIpc) is 3.29. The first-order valence-corrected chi connectivity index (χ1v) is 9.24. The summed E-state index contributed by atoms with van der Waals surface area (Å²) in [5.41, 5.74) is 0.683. The van der Waals surface area contributed by atoms with Crippen LogP contribution in [0.1, 0.15) is 0 Å². The van der Waals surface area contributed by atoms with Crippen LogP contribution in [0.4, 0.5) is 5.13 Å². The smallest absolute Gasteiger partial charge is 0.208 e. The maximum absolute atomic E-state index is 10.4. The highest BCUT2D eigenvalue weighted by Gasteiger charge is 2.37. The van der Waals surface area contributed by atoms with Crippen molar-refractivity contribution in [2.45, 2.75) is 0 Å². The van der Waals surface area contributed by atoms with E-state index in [0.717, 1.165) is 47.1 Å². The second-order valence-electron chi connectivity index (χ2n) is 6.87. The highest BCUT2D eigenvalue weighted by Crippen LogP contribution is 2.39. The number of hydrogen-bond donors (Lipinski definition) is 3. The van der Waals surface area contributed by atoms with E-state index in [1.165, 1.54) is 11.3 Å². The standard InChI is InChI=1S/C18H18N4O2S/c23-14-2-1-10-4-15(16(24)5-11(10)3-14)17-20-21-18(25-17)22-8-12-6-19-7-13(12)9-22/h1-5,12-13,19,23-24H,6-9H2/t12-,13+. The van der Waals surface area contributed by atoms with Gasteiger partial charge in [-0.25, -0.2) is 0 Å². The number of rotatable bonds is 2. The summed E-state index contributed by atoms with van der Waals surface area (Å²) in [5, 5.41) is 35.5. The third kappa shape index (κ3) is 2.51. The van der Waals surface area contributed by atoms with Gasteiger partial charge in [0.25, 0.3) is 0 Å². The van der Waals surface area contributed by atoms with E-state index >= 15 is 0 Å². The summed E-state index contributed by atoms with van der Waals surface area (Å²) in [6.07, 6.45) is 0. The fraction of sp³-hybridized carbons (Fsp3) is 0.333. The number of benzene rings is 2. The Balaban J connectivity index is 1.48. The normalized spacial score (nSPS) is 22.6. The maximum atomic E-state index is 10.4. The number of aromatic hydroxyl groups is 2. The number of phenols is 2. The summed E-state index contributed by atoms with van der Waals surface area (Å²) in [7, 11) is 0. The van der Waals surface area contributed by atoms with Gasteiger partial charge in [-0.1, -0.05) is 17.4 Å². The molecule has 2 aliphatic rings. The first-order chi connectivity index (χ1) is 12.2. The number of aromatic nitrogens is 2. The SMILES string of the molecule is Oc1ccc2cc(-c3nnc(N4C[C@H]5CNC[C@H]5C4)s3)c(O)cc2c1. The summed E-state index contributed by atoms with van der Waals surface area (Å²) in [6, 6.07) is 8.69. The van der Waals surface area contributed by atoms with Crippen LogP contribution in [0.15, 0.2) is 30.3 Å². The van der Waals surface area contributed by atoms with Gasteiger partial charge in [-0.3, -0.25) is 0 Å². The molecule has 0 aliphatic carbocycles. The lowest BCUT2D eigenvalue weighted by molar-refractivity contribution is 0.475. The van der Waals surface area contributed by atoms with E-state index in [4.69, 9.17) is 0 Å². The van der Waals surface area contributed by atoms with Gasteiger partial charge in [0.05, 0.1) is 5.56 Å². The second kappa shape index (κ2) is 5.57. The lowest BCUT2D eigenvalue weighted by Crippen LogP contribution is -2.25. The van der Waals surface area contributed by atoms with Gasteiger partial charge >= 0.3 is 0 Å². The number of nitrogens with one attached hydrogen (secondary N) is 1. The van der Waals surface area contributed by atoms with Gasteiger partial charge in [0.1, 0.15) is 11.5 Å². The quantitative estimate of drug-likeness (QED) is 0.656. The van der Waals surface area contributed by atoms with Gasteiger partial charge < -0.3 is 20.4 Å². The Morgan fingerprint density at radius 3 is 2.60 bits per heavy atom. The van der Waals surface area contributed by atoms with Crippen molar-refractivity contribution >= 4 is 27.2 Å². The van der Waals surface area contributed by atoms with Crippen LogP contribution in [0.2, 0.25) is 0 Å². The first kappa shape index (κ1) is 14.9. The number of nitrogens with zero attached hydrogens (tertiary/aromatic N) is 3. The molecule has 0 bridgehead atoms. The summed E-state index contributed by atoms with van der Waals surface area (Å²) >= 11 is 1.52. The first-order valence-electron chi connectivity index (χ1n) is 8.42. The molecular weight excluding hydrogens is 336 g/mol. The topological polar surface area (TPSA) is 81.5 Å². The van der Waals surface area contributed by atoms with E-state index in [1.807, 2.05) is 12.1 Å². The zero-order chi connectivity index (χ0) is 17.0. The van der Waals surface area contributed by atoms with Crippen molar-refractivity contribution < 1.29 is 10.2 Å². The molecule has 0 radical (unpaired) electrons. The van der Waals surface area contributed by atoms with Crippen LogP contribution in [0, 0.1) is 11.8 Å². The summed E-state index contributed by atoms with van der Waals surface area (Å²) < 4.78 is 0. The lowest BCUT2D eigenvalue weighted by Gasteiger charge is -2.14. The summed E-state index contributed by atoms with van der Waals surface area (Å²) in [6.45, 7) is 4.22. The molecule has 3 N–H and O–H groups in total. The molecule has 1 aromatic heterocycles. The van der Waals surface area contributed by atoms with E-state index in [9.17, 15) is 10.2 Å². The molecule has 3 aromatic rings. The molecule has 7 heteroatoms. The minimum atomic E-state index is 0.156. The highest BCUT2D eigenvalue weighted by molar-refractivity contribution is 7.18. The minimum absolute atomic E-state index is 0.156. The number of anilines is 1. The fourth-order valence-corrected chi connectivity index (χ4v) is 4.80. The Morgan fingerprint density at radius 2 is 1.80 bits per heavy atom. The molecule has 2 aromatic carbocycles. The van der Waals surface area contributed by atoms with Crippen LogP contribution < -0.4 is 10.2 Å². The Kier molecular flexibility index (Phi) is 3.33. The number of phenolic OH excluding ortho intramolecular Hbond substituents is 2. The third-order valence-electron chi connectivity index (χ3n) is 5.24. The van der Waals surface area contributed by atoms with Crippen LogP contribution in [0.5, 0.6) is 11.5 Å². The molecule has 0 amide bonds. The zero-order valence-electron chi connectivity index (χ0n) is 13.5. The molecular formula is C18H18N4O2S. The fourth-order valence-electron chi connectivity index (χ4n) is 3.91. The van der Waals surface area contributed by atoms with Crippen molar-refractivity contribution in [1.29, 1.82) is 0 Å². The largest absolute Gasteiger partial charge is 0.508 e. The molecule has 0 saturated carbocycles. The van der Waals surface area contributed by atoms with Crippen molar-refractivity contribution in [1.82, 2.24) is 15.5 Å². The predicted octanol–water partition coefficient (Wildman–Crippen LogP) is 2.43. The van der Waals surface area contributed by atoms with Crippen molar-refractivity contribution in [3.8, 4) is 22.1 Å². The highest BCUT2D eigenvalue weighted by atomic mass is 32.1. The van der Waals surface area contributed by atoms with Crippen LogP contribution in [0.3, 0.4) is 0 Å². The molecule has 2 atom stereocenters. The van der Waals surface area contributed by atoms with E-state index in [1.54, 1.807) is 18.2 Å². The van der Waals surface area contributed by atoms with Crippen LogP contribution in [-0.4, -0.2) is 46.6 Å². The lowest BCUT2D eigenvalue weighted by atomic mass is 10.0. The predicted molar refractivity (Wildman–Crippen MR) is 98.2 cm³/mol. The molecule has 2 fully saturated rings. The van der Waals surface area contributed by atoms with E-state index in [0.29, 0.717) is 17.4 Å². The molecule has 0 unspecified atom stereocenters. The van der Waals surface area contributed by atoms with Gasteiger partial charge in [-0.2, -0.15) is 0 Å².